The van der Waals surface area contributed by atoms with Gasteiger partial charge < -0.3 is 9.26 Å². The molecule has 0 aliphatic rings. The topological polar surface area (TPSA) is 81.4 Å². The number of nitrogens with one attached hydrogen (secondary N) is 1. The third kappa shape index (κ3) is 5.95. The normalized spacial score (nSPS) is 11.7. The Morgan fingerprint density at radius 1 is 1.61 bits per heavy atom. The fourth-order valence-electron chi connectivity index (χ4n) is 1.25. The van der Waals surface area contributed by atoms with E-state index in [1.807, 2.05) is 6.92 Å². The van der Waals surface area contributed by atoms with Gasteiger partial charge in [0.15, 0.2) is 0 Å². The fourth-order valence-corrected chi connectivity index (χ4v) is 2.27. The van der Waals surface area contributed by atoms with Gasteiger partial charge in [-0.05, 0) is 13.8 Å². The van der Waals surface area contributed by atoms with Crippen LogP contribution >= 0.6 is 0 Å². The summed E-state index contributed by atoms with van der Waals surface area (Å²) in [6, 6.07) is 1.59. The van der Waals surface area contributed by atoms with E-state index in [0.29, 0.717) is 24.7 Å². The lowest BCUT2D eigenvalue weighted by Crippen LogP contribution is -2.28. The summed E-state index contributed by atoms with van der Waals surface area (Å²) in [5.41, 5.74) is 1.29. The van der Waals surface area contributed by atoms with Crippen LogP contribution in [0.15, 0.2) is 22.7 Å². The average Bonchev–Trinajstić information content (AvgIpc) is 2.61. The predicted octanol–water partition coefficient (Wildman–Crippen LogP) is 0.995. The van der Waals surface area contributed by atoms with Gasteiger partial charge in [0, 0.05) is 12.6 Å². The zero-order chi connectivity index (χ0) is 13.6. The van der Waals surface area contributed by atoms with E-state index < -0.39 is 10.0 Å². The minimum Gasteiger partial charge on any atom is -0.376 e. The third-order valence-electron chi connectivity index (χ3n) is 1.93. The van der Waals surface area contributed by atoms with Gasteiger partial charge in [-0.3, -0.25) is 0 Å². The van der Waals surface area contributed by atoms with Gasteiger partial charge in [0.1, 0.15) is 17.2 Å². The molecule has 0 unspecified atom stereocenters. The highest BCUT2D eigenvalue weighted by molar-refractivity contribution is 7.88. The predicted molar refractivity (Wildman–Crippen MR) is 67.5 cm³/mol. The Morgan fingerprint density at radius 2 is 2.33 bits per heavy atom. The van der Waals surface area contributed by atoms with Crippen LogP contribution in [0.2, 0.25) is 0 Å². The number of ether oxygens (including phenoxy) is 1. The first-order valence-electron chi connectivity index (χ1n) is 5.51. The van der Waals surface area contributed by atoms with Crippen molar-refractivity contribution in [3.8, 4) is 0 Å². The van der Waals surface area contributed by atoms with E-state index in [9.17, 15) is 8.42 Å². The number of rotatable bonds is 8. The third-order valence-corrected chi connectivity index (χ3v) is 3.25. The summed E-state index contributed by atoms with van der Waals surface area (Å²) in [5, 5.41) is 3.63. The number of hydrogen-bond donors (Lipinski definition) is 1. The van der Waals surface area contributed by atoms with E-state index in [-0.39, 0.29) is 12.3 Å². The molecule has 6 nitrogen and oxygen atoms in total. The van der Waals surface area contributed by atoms with Crippen molar-refractivity contribution in [1.29, 1.82) is 0 Å². The molecule has 1 rings (SSSR count). The largest absolute Gasteiger partial charge is 0.376 e. The maximum absolute atomic E-state index is 11.6. The average molecular weight is 274 g/mol. The first-order valence-corrected chi connectivity index (χ1v) is 7.16. The zero-order valence-electron chi connectivity index (χ0n) is 10.6. The maximum atomic E-state index is 11.6. The molecular weight excluding hydrogens is 256 g/mol. The van der Waals surface area contributed by atoms with Crippen molar-refractivity contribution in [1.82, 2.24) is 9.88 Å². The van der Waals surface area contributed by atoms with Gasteiger partial charge in [0.2, 0.25) is 10.0 Å². The standard InChI is InChI=1S/C11H18N2O4S/c1-9(2)7-16-5-4-12-18(14,15)8-11-6-10(3)17-13-11/h6,12H,1,4-5,7-8H2,2-3H3. The lowest BCUT2D eigenvalue weighted by Gasteiger charge is -2.06. The van der Waals surface area contributed by atoms with E-state index in [4.69, 9.17) is 9.26 Å². The monoisotopic (exact) mass is 274 g/mol. The molecule has 0 saturated carbocycles. The molecule has 0 aliphatic heterocycles. The molecule has 0 spiro atoms. The highest BCUT2D eigenvalue weighted by atomic mass is 32.2. The Bertz CT molecular complexity index is 493. The lowest BCUT2D eigenvalue weighted by molar-refractivity contribution is 0.162. The van der Waals surface area contributed by atoms with Crippen LogP contribution in [0.4, 0.5) is 0 Å². The van der Waals surface area contributed by atoms with Crippen LogP contribution in [0.25, 0.3) is 0 Å². The van der Waals surface area contributed by atoms with Crippen molar-refractivity contribution in [2.75, 3.05) is 19.8 Å². The summed E-state index contributed by atoms with van der Waals surface area (Å²) in [7, 11) is -3.40. The molecule has 7 heteroatoms. The van der Waals surface area contributed by atoms with Crippen LogP contribution in [0, 0.1) is 6.92 Å². The molecule has 1 aromatic heterocycles. The van der Waals surface area contributed by atoms with Crippen molar-refractivity contribution >= 4 is 10.0 Å². The second kappa shape index (κ2) is 6.67. The van der Waals surface area contributed by atoms with Gasteiger partial charge in [-0.15, -0.1) is 0 Å². The Labute approximate surface area is 107 Å². The first-order chi connectivity index (χ1) is 8.39. The van der Waals surface area contributed by atoms with Gasteiger partial charge in [0.05, 0.1) is 13.2 Å². The van der Waals surface area contributed by atoms with Gasteiger partial charge in [-0.2, -0.15) is 0 Å². The van der Waals surface area contributed by atoms with E-state index >= 15 is 0 Å². The summed E-state index contributed by atoms with van der Waals surface area (Å²) < 4.78 is 35.7. The summed E-state index contributed by atoms with van der Waals surface area (Å²) in [6.07, 6.45) is 0. The highest BCUT2D eigenvalue weighted by Crippen LogP contribution is 2.05. The first kappa shape index (κ1) is 14.9. The summed E-state index contributed by atoms with van der Waals surface area (Å²) in [5.74, 6) is 0.398. The Balaban J connectivity index is 2.30. The van der Waals surface area contributed by atoms with Crippen molar-refractivity contribution in [2.45, 2.75) is 19.6 Å². The van der Waals surface area contributed by atoms with Gasteiger partial charge in [-0.25, -0.2) is 13.1 Å². The summed E-state index contributed by atoms with van der Waals surface area (Å²) >= 11 is 0. The van der Waals surface area contributed by atoms with E-state index in [2.05, 4.69) is 16.5 Å². The van der Waals surface area contributed by atoms with Crippen molar-refractivity contribution in [3.63, 3.8) is 0 Å². The van der Waals surface area contributed by atoms with Crippen molar-refractivity contribution in [3.05, 3.63) is 29.7 Å². The van der Waals surface area contributed by atoms with Crippen LogP contribution < -0.4 is 4.72 Å². The molecule has 0 radical (unpaired) electrons. The van der Waals surface area contributed by atoms with Gasteiger partial charge >= 0.3 is 0 Å². The molecule has 18 heavy (non-hydrogen) atoms. The number of hydrogen-bond acceptors (Lipinski definition) is 5. The van der Waals surface area contributed by atoms with E-state index in [1.165, 1.54) is 0 Å². The number of aryl methyl sites for hydroxylation is 1. The summed E-state index contributed by atoms with van der Waals surface area (Å²) in [4.78, 5) is 0. The quantitative estimate of drug-likeness (QED) is 0.565. The second-order valence-corrected chi connectivity index (χ2v) is 5.90. The second-order valence-electron chi connectivity index (χ2n) is 4.09. The number of sulfonamides is 1. The van der Waals surface area contributed by atoms with E-state index in [0.717, 1.165) is 5.57 Å². The molecule has 0 bridgehead atoms. The minimum atomic E-state index is -3.40. The summed E-state index contributed by atoms with van der Waals surface area (Å²) in [6.45, 7) is 8.20. The molecule has 102 valence electrons. The Hall–Kier alpha value is -1.18. The van der Waals surface area contributed by atoms with Crippen LogP contribution in [0.1, 0.15) is 18.4 Å². The molecule has 0 saturated heterocycles. The van der Waals surface area contributed by atoms with E-state index in [1.54, 1.807) is 13.0 Å². The SMILES string of the molecule is C=C(C)COCCNS(=O)(=O)Cc1cc(C)on1. The molecule has 0 fully saturated rings. The van der Waals surface area contributed by atoms with Crippen LogP contribution in [-0.2, 0) is 20.5 Å². The maximum Gasteiger partial charge on any atom is 0.217 e. The fraction of sp³-hybridized carbons (Fsp3) is 0.545. The van der Waals surface area contributed by atoms with Gasteiger partial charge in [0.25, 0.3) is 0 Å². The highest BCUT2D eigenvalue weighted by Gasteiger charge is 2.13. The smallest absolute Gasteiger partial charge is 0.217 e. The van der Waals surface area contributed by atoms with Crippen LogP contribution in [-0.4, -0.2) is 33.3 Å². The Morgan fingerprint density at radius 3 is 2.89 bits per heavy atom. The number of nitrogens with zero attached hydrogens (tertiary/aromatic N) is 1. The van der Waals surface area contributed by atoms with Crippen molar-refractivity contribution in [2.24, 2.45) is 0 Å². The zero-order valence-corrected chi connectivity index (χ0v) is 11.4. The molecule has 0 amide bonds. The van der Waals surface area contributed by atoms with Crippen LogP contribution in [0.3, 0.4) is 0 Å². The molecule has 0 aromatic carbocycles. The molecule has 1 aromatic rings. The van der Waals surface area contributed by atoms with Crippen molar-refractivity contribution < 1.29 is 17.7 Å². The number of aromatic nitrogens is 1. The van der Waals surface area contributed by atoms with Crippen LogP contribution in [0.5, 0.6) is 0 Å². The minimum absolute atomic E-state index is 0.190. The molecule has 1 heterocycles. The lowest BCUT2D eigenvalue weighted by atomic mass is 10.4. The Kier molecular flexibility index (Phi) is 5.52. The molecule has 0 atom stereocenters. The molecule has 1 N–H and O–H groups in total. The molecule has 0 aliphatic carbocycles. The van der Waals surface area contributed by atoms with Gasteiger partial charge in [-0.1, -0.05) is 17.3 Å². The molecular formula is C11H18N2O4S.